The van der Waals surface area contributed by atoms with Crippen molar-refractivity contribution in [1.29, 1.82) is 0 Å². The molecule has 0 radical (unpaired) electrons. The molecule has 1 aliphatic rings. The van der Waals surface area contributed by atoms with Gasteiger partial charge in [0, 0.05) is 12.0 Å². The second kappa shape index (κ2) is 2.90. The van der Waals surface area contributed by atoms with Crippen LogP contribution in [0, 0.1) is 0 Å². The fourth-order valence-electron chi connectivity index (χ4n) is 1.16. The largest absolute Gasteiger partial charge is 0.495 e. The molecule has 0 aromatic carbocycles. The standard InChI is InChI=1S/C8H9ClN2O/c1-12-6-4-7(9)10-11-8(6)5-2-3-5/h4-5H,2-3H2,1H3. The van der Waals surface area contributed by atoms with E-state index in [1.54, 1.807) is 13.2 Å². The van der Waals surface area contributed by atoms with Crippen LogP contribution < -0.4 is 4.74 Å². The van der Waals surface area contributed by atoms with E-state index in [-0.39, 0.29) is 0 Å². The van der Waals surface area contributed by atoms with Crippen molar-refractivity contribution in [2.75, 3.05) is 7.11 Å². The van der Waals surface area contributed by atoms with Crippen LogP contribution in [0.5, 0.6) is 5.75 Å². The van der Waals surface area contributed by atoms with Gasteiger partial charge in [0.1, 0.15) is 11.4 Å². The Morgan fingerprint density at radius 2 is 2.25 bits per heavy atom. The van der Waals surface area contributed by atoms with Crippen LogP contribution in [-0.2, 0) is 0 Å². The van der Waals surface area contributed by atoms with E-state index >= 15 is 0 Å². The molecule has 3 nitrogen and oxygen atoms in total. The predicted octanol–water partition coefficient (Wildman–Crippen LogP) is 2.02. The Labute approximate surface area is 75.7 Å². The van der Waals surface area contributed by atoms with Crippen molar-refractivity contribution >= 4 is 11.6 Å². The number of halogens is 1. The monoisotopic (exact) mass is 184 g/mol. The van der Waals surface area contributed by atoms with Crippen molar-refractivity contribution in [1.82, 2.24) is 10.2 Å². The number of aromatic nitrogens is 2. The molecule has 0 saturated heterocycles. The Morgan fingerprint density at radius 1 is 1.50 bits per heavy atom. The van der Waals surface area contributed by atoms with Gasteiger partial charge in [0.15, 0.2) is 5.15 Å². The summed E-state index contributed by atoms with van der Waals surface area (Å²) in [5.41, 5.74) is 0.946. The third-order valence-corrected chi connectivity index (χ3v) is 2.12. The third-order valence-electron chi connectivity index (χ3n) is 1.94. The zero-order valence-electron chi connectivity index (χ0n) is 6.75. The highest BCUT2D eigenvalue weighted by molar-refractivity contribution is 6.29. The lowest BCUT2D eigenvalue weighted by molar-refractivity contribution is 0.405. The summed E-state index contributed by atoms with van der Waals surface area (Å²) in [6.45, 7) is 0. The van der Waals surface area contributed by atoms with E-state index in [2.05, 4.69) is 10.2 Å². The van der Waals surface area contributed by atoms with Crippen LogP contribution in [0.3, 0.4) is 0 Å². The number of hydrogen-bond donors (Lipinski definition) is 0. The quantitative estimate of drug-likeness (QED) is 0.706. The van der Waals surface area contributed by atoms with Crippen molar-refractivity contribution in [3.05, 3.63) is 16.9 Å². The average molecular weight is 185 g/mol. The predicted molar refractivity (Wildman–Crippen MR) is 45.6 cm³/mol. The number of nitrogens with zero attached hydrogens (tertiary/aromatic N) is 2. The molecule has 1 aromatic heterocycles. The van der Waals surface area contributed by atoms with E-state index in [1.807, 2.05) is 0 Å². The van der Waals surface area contributed by atoms with Gasteiger partial charge in [0.25, 0.3) is 0 Å². The molecule has 2 rings (SSSR count). The summed E-state index contributed by atoms with van der Waals surface area (Å²) in [6, 6.07) is 1.71. The maximum atomic E-state index is 5.67. The van der Waals surface area contributed by atoms with Gasteiger partial charge in [0.2, 0.25) is 0 Å². The van der Waals surface area contributed by atoms with Crippen molar-refractivity contribution in [2.24, 2.45) is 0 Å². The van der Waals surface area contributed by atoms with Gasteiger partial charge < -0.3 is 4.74 Å². The highest BCUT2D eigenvalue weighted by Gasteiger charge is 2.28. The zero-order valence-corrected chi connectivity index (χ0v) is 7.51. The van der Waals surface area contributed by atoms with Crippen molar-refractivity contribution < 1.29 is 4.74 Å². The first-order valence-corrected chi connectivity index (χ1v) is 4.26. The first kappa shape index (κ1) is 7.80. The molecule has 12 heavy (non-hydrogen) atoms. The molecule has 0 atom stereocenters. The molecule has 0 amide bonds. The second-order valence-corrected chi connectivity index (χ2v) is 3.28. The lowest BCUT2D eigenvalue weighted by Crippen LogP contribution is -1.96. The molecular weight excluding hydrogens is 176 g/mol. The first-order chi connectivity index (χ1) is 5.81. The van der Waals surface area contributed by atoms with Crippen LogP contribution in [0.1, 0.15) is 24.5 Å². The number of ether oxygens (including phenoxy) is 1. The number of rotatable bonds is 2. The summed E-state index contributed by atoms with van der Waals surface area (Å²) in [7, 11) is 1.62. The maximum absolute atomic E-state index is 5.67. The molecule has 4 heteroatoms. The van der Waals surface area contributed by atoms with E-state index in [0.717, 1.165) is 11.4 Å². The molecule has 0 unspecified atom stereocenters. The van der Waals surface area contributed by atoms with Crippen LogP contribution in [-0.4, -0.2) is 17.3 Å². The molecule has 1 aromatic rings. The molecule has 1 heterocycles. The first-order valence-electron chi connectivity index (χ1n) is 3.88. The molecule has 1 aliphatic carbocycles. The smallest absolute Gasteiger partial charge is 0.155 e. The van der Waals surface area contributed by atoms with E-state index in [4.69, 9.17) is 16.3 Å². The minimum atomic E-state index is 0.385. The van der Waals surface area contributed by atoms with Gasteiger partial charge in [-0.2, -0.15) is 0 Å². The lowest BCUT2D eigenvalue weighted by atomic mass is 10.2. The van der Waals surface area contributed by atoms with E-state index in [1.165, 1.54) is 12.8 Å². The van der Waals surface area contributed by atoms with Crippen LogP contribution in [0.4, 0.5) is 0 Å². The summed E-state index contributed by atoms with van der Waals surface area (Å²) < 4.78 is 5.14. The average Bonchev–Trinajstić information content (AvgIpc) is 2.87. The van der Waals surface area contributed by atoms with Gasteiger partial charge in [-0.15, -0.1) is 10.2 Å². The Morgan fingerprint density at radius 3 is 2.83 bits per heavy atom. The molecule has 64 valence electrons. The van der Waals surface area contributed by atoms with Crippen molar-refractivity contribution in [3.8, 4) is 5.75 Å². The SMILES string of the molecule is COc1cc(Cl)nnc1C1CC1. The molecule has 0 aliphatic heterocycles. The Balaban J connectivity index is 2.38. The minimum absolute atomic E-state index is 0.385. The molecule has 1 saturated carbocycles. The summed E-state index contributed by atoms with van der Waals surface area (Å²) >= 11 is 5.67. The topological polar surface area (TPSA) is 35.0 Å². The number of hydrogen-bond acceptors (Lipinski definition) is 3. The molecule has 0 N–H and O–H groups in total. The van der Waals surface area contributed by atoms with Gasteiger partial charge in [0.05, 0.1) is 7.11 Å². The van der Waals surface area contributed by atoms with Crippen LogP contribution in [0.15, 0.2) is 6.07 Å². The minimum Gasteiger partial charge on any atom is -0.495 e. The summed E-state index contributed by atoms with van der Waals surface area (Å²) in [4.78, 5) is 0. The van der Waals surface area contributed by atoms with Gasteiger partial charge in [-0.1, -0.05) is 11.6 Å². The Hall–Kier alpha value is -0.830. The van der Waals surface area contributed by atoms with Crippen molar-refractivity contribution in [2.45, 2.75) is 18.8 Å². The van der Waals surface area contributed by atoms with Crippen LogP contribution in [0.2, 0.25) is 5.15 Å². The molecular formula is C8H9ClN2O. The van der Waals surface area contributed by atoms with E-state index < -0.39 is 0 Å². The van der Waals surface area contributed by atoms with E-state index in [0.29, 0.717) is 11.1 Å². The molecule has 1 fully saturated rings. The fourth-order valence-corrected chi connectivity index (χ4v) is 1.30. The summed E-state index contributed by atoms with van der Waals surface area (Å²) in [5, 5.41) is 8.17. The van der Waals surface area contributed by atoms with Crippen molar-refractivity contribution in [3.63, 3.8) is 0 Å². The molecule has 0 bridgehead atoms. The lowest BCUT2D eigenvalue weighted by Gasteiger charge is -2.04. The van der Waals surface area contributed by atoms with Gasteiger partial charge in [-0.3, -0.25) is 0 Å². The Kier molecular flexibility index (Phi) is 1.89. The van der Waals surface area contributed by atoms with Gasteiger partial charge in [-0.25, -0.2) is 0 Å². The highest BCUT2D eigenvalue weighted by atomic mass is 35.5. The zero-order chi connectivity index (χ0) is 8.55. The van der Waals surface area contributed by atoms with Crippen LogP contribution in [0.25, 0.3) is 0 Å². The fraction of sp³-hybridized carbons (Fsp3) is 0.500. The number of methoxy groups -OCH3 is 1. The maximum Gasteiger partial charge on any atom is 0.155 e. The van der Waals surface area contributed by atoms with Gasteiger partial charge >= 0.3 is 0 Å². The normalized spacial score (nSPS) is 16.2. The van der Waals surface area contributed by atoms with Crippen LogP contribution >= 0.6 is 11.6 Å². The summed E-state index contributed by atoms with van der Waals surface area (Å²) in [6.07, 6.45) is 2.37. The van der Waals surface area contributed by atoms with E-state index in [9.17, 15) is 0 Å². The molecule has 0 spiro atoms. The third kappa shape index (κ3) is 1.37. The second-order valence-electron chi connectivity index (χ2n) is 2.89. The summed E-state index contributed by atoms with van der Waals surface area (Å²) in [5.74, 6) is 1.31. The van der Waals surface area contributed by atoms with Gasteiger partial charge in [-0.05, 0) is 12.8 Å². The Bertz CT molecular complexity index is 299. The highest BCUT2D eigenvalue weighted by Crippen LogP contribution is 2.42.